The zero-order valence-corrected chi connectivity index (χ0v) is 30.8. The number of hydrogen-bond acceptors (Lipinski definition) is 10. The van der Waals surface area contributed by atoms with Crippen LogP contribution in [0.2, 0.25) is 0 Å². The molecule has 0 aromatic heterocycles. The third-order valence-electron chi connectivity index (χ3n) is 9.34. The highest BCUT2D eigenvalue weighted by atomic mass is 32.2. The molecule has 4 rings (SSSR count). The maximum Gasteiger partial charge on any atom is 0.407 e. The first-order chi connectivity index (χ1) is 23.9. The van der Waals surface area contributed by atoms with Gasteiger partial charge in [0.2, 0.25) is 11.8 Å². The number of rotatable bonds is 17. The van der Waals surface area contributed by atoms with E-state index in [2.05, 4.69) is 10.6 Å². The van der Waals surface area contributed by atoms with Crippen LogP contribution in [0, 0.1) is 5.41 Å². The average Bonchev–Trinajstić information content (AvgIpc) is 3.42. The summed E-state index contributed by atoms with van der Waals surface area (Å²) in [6, 6.07) is 2.97. The number of carbonyl (C=O) groups is 5. The summed E-state index contributed by atoms with van der Waals surface area (Å²) in [6.07, 6.45) is 6.29. The Morgan fingerprint density at radius 2 is 1.88 bits per heavy atom. The van der Waals surface area contributed by atoms with Crippen LogP contribution in [0.25, 0.3) is 6.08 Å². The number of esters is 1. The van der Waals surface area contributed by atoms with Gasteiger partial charge in [0.1, 0.15) is 12.1 Å². The lowest BCUT2D eigenvalue weighted by Crippen LogP contribution is -2.56. The van der Waals surface area contributed by atoms with E-state index in [1.165, 1.54) is 9.80 Å². The number of benzene rings is 1. The fourth-order valence-electron chi connectivity index (χ4n) is 6.07. The Morgan fingerprint density at radius 3 is 2.55 bits per heavy atom. The Morgan fingerprint density at radius 1 is 1.16 bits per heavy atom. The van der Waals surface area contributed by atoms with Gasteiger partial charge in [0.05, 0.1) is 31.3 Å². The third kappa shape index (κ3) is 11.2. The smallest absolute Gasteiger partial charge is 0.407 e. The largest absolute Gasteiger partial charge is 0.465 e. The highest BCUT2D eigenvalue weighted by Gasteiger charge is 2.44. The molecular weight excluding hydrogens is 682 g/mol. The normalized spacial score (nSPS) is 19.4. The second kappa shape index (κ2) is 16.5. The van der Waals surface area contributed by atoms with Gasteiger partial charge in [-0.2, -0.15) is 8.42 Å². The van der Waals surface area contributed by atoms with Crippen molar-refractivity contribution in [1.29, 1.82) is 0 Å². The molecule has 0 spiro atoms. The molecule has 1 saturated carbocycles. The first kappa shape index (κ1) is 39.8. The molecule has 15 nitrogen and oxygen atoms in total. The summed E-state index contributed by atoms with van der Waals surface area (Å²) in [5.41, 5.74) is 1.71. The number of allylic oxidation sites excluding steroid dienone is 1. The van der Waals surface area contributed by atoms with E-state index in [0.29, 0.717) is 58.2 Å². The van der Waals surface area contributed by atoms with Gasteiger partial charge < -0.3 is 20.1 Å². The maximum absolute atomic E-state index is 13.3. The molecule has 282 valence electrons. The molecule has 2 fully saturated rings. The summed E-state index contributed by atoms with van der Waals surface area (Å²) in [4.78, 5) is 66.2. The molecule has 2 aliphatic heterocycles. The van der Waals surface area contributed by atoms with Crippen molar-refractivity contribution in [3.63, 3.8) is 0 Å². The molecular formula is C35H51N5O10S. The predicted molar refractivity (Wildman–Crippen MR) is 187 cm³/mol. The number of carboxylic acid groups (broad SMARTS) is 1. The minimum absolute atomic E-state index is 0.132. The minimum atomic E-state index is -4.36. The second-order valence-corrected chi connectivity index (χ2v) is 15.9. The number of nitrogens with one attached hydrogen (secondary N) is 3. The molecule has 16 heteroatoms. The van der Waals surface area contributed by atoms with Crippen molar-refractivity contribution in [3.05, 3.63) is 41.0 Å². The molecule has 3 atom stereocenters. The summed E-state index contributed by atoms with van der Waals surface area (Å²) in [5.74, 6) is -2.41. The van der Waals surface area contributed by atoms with Crippen molar-refractivity contribution in [1.82, 2.24) is 25.2 Å². The molecule has 3 aliphatic rings. The lowest BCUT2D eigenvalue weighted by Gasteiger charge is -2.28. The molecule has 1 aliphatic carbocycles. The number of nitrogens with zero attached hydrogens (tertiary/aromatic N) is 2. The average molecular weight is 734 g/mol. The van der Waals surface area contributed by atoms with E-state index in [-0.39, 0.29) is 19.6 Å². The van der Waals surface area contributed by atoms with Gasteiger partial charge in [0, 0.05) is 18.5 Å². The van der Waals surface area contributed by atoms with E-state index >= 15 is 0 Å². The second-order valence-electron chi connectivity index (χ2n) is 14.7. The number of fused-ring (bicyclic) bond motifs is 1. The molecule has 1 aromatic carbocycles. The van der Waals surface area contributed by atoms with Crippen LogP contribution in [0.4, 0.5) is 4.79 Å². The summed E-state index contributed by atoms with van der Waals surface area (Å²) in [6.45, 7) is 9.85. The Labute approximate surface area is 299 Å². The Hall–Kier alpha value is -4.02. The summed E-state index contributed by atoms with van der Waals surface area (Å²) < 4.78 is 37.1. The zero-order chi connectivity index (χ0) is 37.6. The van der Waals surface area contributed by atoms with E-state index in [1.54, 1.807) is 20.8 Å². The van der Waals surface area contributed by atoms with E-state index < -0.39 is 69.2 Å². The van der Waals surface area contributed by atoms with Gasteiger partial charge in [-0.1, -0.05) is 57.5 Å². The first-order valence-corrected chi connectivity index (χ1v) is 18.9. The van der Waals surface area contributed by atoms with Crippen LogP contribution in [0.1, 0.15) is 96.3 Å². The van der Waals surface area contributed by atoms with Crippen molar-refractivity contribution in [2.24, 2.45) is 5.41 Å². The molecule has 4 amide bonds. The number of likely N-dealkylation sites (tertiary alicyclic amines) is 1. The molecule has 0 bridgehead atoms. The summed E-state index contributed by atoms with van der Waals surface area (Å²) >= 11 is 0. The minimum Gasteiger partial charge on any atom is -0.465 e. The lowest BCUT2D eigenvalue weighted by atomic mass is 9.90. The number of amides is 4. The monoisotopic (exact) mass is 733 g/mol. The van der Waals surface area contributed by atoms with E-state index in [9.17, 15) is 37.5 Å². The van der Waals surface area contributed by atoms with Crippen LogP contribution in [-0.2, 0) is 51.5 Å². The van der Waals surface area contributed by atoms with Crippen molar-refractivity contribution in [2.75, 3.05) is 19.7 Å². The first-order valence-electron chi connectivity index (χ1n) is 17.4. The Kier molecular flexibility index (Phi) is 12.9. The van der Waals surface area contributed by atoms with Gasteiger partial charge in [-0.25, -0.2) is 13.7 Å². The molecule has 0 radical (unpaired) electrons. The van der Waals surface area contributed by atoms with Crippen LogP contribution in [0.15, 0.2) is 24.3 Å². The van der Waals surface area contributed by atoms with E-state index in [4.69, 9.17) is 8.92 Å². The summed E-state index contributed by atoms with van der Waals surface area (Å²) in [5, 5.41) is 14.8. The van der Waals surface area contributed by atoms with Crippen molar-refractivity contribution in [3.8, 4) is 0 Å². The van der Waals surface area contributed by atoms with Gasteiger partial charge in [-0.05, 0) is 69.1 Å². The summed E-state index contributed by atoms with van der Waals surface area (Å²) in [7, 11) is -4.36. The number of ether oxygens (including phenoxy) is 1. The number of carbonyl (C=O) groups excluding carboxylic acids is 4. The van der Waals surface area contributed by atoms with Gasteiger partial charge in [-0.15, -0.1) is 0 Å². The van der Waals surface area contributed by atoms with Crippen LogP contribution >= 0.6 is 0 Å². The number of hydrogen-bond donors (Lipinski definition) is 4. The predicted octanol–water partition coefficient (Wildman–Crippen LogP) is 2.84. The topological polar surface area (TPSA) is 201 Å². The molecule has 3 unspecified atom stereocenters. The van der Waals surface area contributed by atoms with Gasteiger partial charge in [0.15, 0.2) is 0 Å². The van der Waals surface area contributed by atoms with E-state index in [1.807, 2.05) is 48.9 Å². The Balaban J connectivity index is 1.22. The molecule has 1 saturated heterocycles. The van der Waals surface area contributed by atoms with E-state index in [0.717, 1.165) is 16.7 Å². The van der Waals surface area contributed by atoms with Crippen molar-refractivity contribution >= 4 is 46.2 Å². The molecule has 4 N–H and O–H groups in total. The maximum atomic E-state index is 13.3. The van der Waals surface area contributed by atoms with Gasteiger partial charge in [0.25, 0.3) is 5.91 Å². The molecule has 1 aromatic rings. The molecule has 2 heterocycles. The van der Waals surface area contributed by atoms with Crippen LogP contribution in [-0.4, -0.2) is 96.5 Å². The molecule has 51 heavy (non-hydrogen) atoms. The zero-order valence-electron chi connectivity index (χ0n) is 30.0. The Bertz CT molecular complexity index is 1620. The quantitative estimate of drug-likeness (QED) is 0.172. The standard InChI is InChI=1S/C35H51N5O10S/c1-6-10-27(30(42)38-51(47,48)50-35(5)16-17-35)37-31(43)28-14-9-18-40(28)32(44)23(2)36-19-29(41)49-22-34(3,4)15-8-13-24-11-7-12-25-20-39(33(45)46)21-26(24)25/h7-8,11-13,23,27-28,36H,6,9-10,14-22H2,1-5H3,(H,37,43)(H,38,42)(H,45,46). The SMILES string of the molecule is CCCC(NC(=O)C1CCCN1C(=O)C(C)NCC(=O)OCC(C)(C)CC=Cc1cccc2c1CN(C(=O)O)C2)C(=O)NS(=O)(=O)OC1(C)CC1. The van der Waals surface area contributed by atoms with Crippen molar-refractivity contribution < 1.29 is 46.4 Å². The van der Waals surface area contributed by atoms with Gasteiger partial charge in [-0.3, -0.25) is 29.4 Å². The van der Waals surface area contributed by atoms with Crippen LogP contribution < -0.4 is 15.4 Å². The fraction of sp³-hybridized carbons (Fsp3) is 0.629. The van der Waals surface area contributed by atoms with Gasteiger partial charge >= 0.3 is 22.4 Å². The highest BCUT2D eigenvalue weighted by molar-refractivity contribution is 7.85. The van der Waals surface area contributed by atoms with Crippen LogP contribution in [0.5, 0.6) is 0 Å². The van der Waals surface area contributed by atoms with Crippen LogP contribution in [0.3, 0.4) is 0 Å². The van der Waals surface area contributed by atoms with Crippen molar-refractivity contribution in [2.45, 2.75) is 116 Å². The lowest BCUT2D eigenvalue weighted by molar-refractivity contribution is -0.146. The highest BCUT2D eigenvalue weighted by Crippen LogP contribution is 2.39. The third-order valence-corrected chi connectivity index (χ3v) is 10.4. The fourth-order valence-corrected chi connectivity index (χ4v) is 7.20.